The van der Waals surface area contributed by atoms with Gasteiger partial charge in [0.15, 0.2) is 0 Å². The molecule has 0 saturated carbocycles. The zero-order chi connectivity index (χ0) is 12.9. The maximum atomic E-state index is 11.0. The molecule has 0 radical (unpaired) electrons. The van der Waals surface area contributed by atoms with E-state index in [9.17, 15) is 5.11 Å². The number of nitrogen functional groups attached to an aromatic ring is 1. The number of nitrogens with zero attached hydrogens (tertiary/aromatic N) is 2. The van der Waals surface area contributed by atoms with E-state index < -0.39 is 5.60 Å². The Hall–Kier alpha value is -1.33. The smallest absolute Gasteiger partial charge is 0.133 e. The van der Waals surface area contributed by atoms with Crippen molar-refractivity contribution in [2.24, 2.45) is 7.05 Å². The van der Waals surface area contributed by atoms with Gasteiger partial charge in [-0.25, -0.2) is 0 Å². The Morgan fingerprint density at radius 1 is 1.50 bits per heavy atom. The van der Waals surface area contributed by atoms with Crippen LogP contribution in [0.25, 0.3) is 0 Å². The van der Waals surface area contributed by atoms with Crippen LogP contribution in [0.5, 0.6) is 0 Å². The highest BCUT2D eigenvalue weighted by Gasteiger charge is 2.41. The number of halogens is 1. The molecule has 1 aliphatic rings. The minimum absolute atomic E-state index is 0.657. The van der Waals surface area contributed by atoms with Crippen molar-refractivity contribution >= 4 is 21.6 Å². The van der Waals surface area contributed by atoms with E-state index in [1.54, 1.807) is 10.9 Å². The molecular weight excluding hydrogens is 294 g/mol. The molecule has 0 fully saturated rings. The number of fused-ring (bicyclic) bond motifs is 1. The average molecular weight is 308 g/mol. The first-order valence-electron chi connectivity index (χ1n) is 5.81. The van der Waals surface area contributed by atoms with Crippen molar-refractivity contribution in [2.75, 3.05) is 5.73 Å². The fraction of sp³-hybridized carbons (Fsp3) is 0.308. The van der Waals surface area contributed by atoms with Gasteiger partial charge in [0.25, 0.3) is 0 Å². The summed E-state index contributed by atoms with van der Waals surface area (Å²) >= 11 is 3.46. The van der Waals surface area contributed by atoms with Gasteiger partial charge in [-0.2, -0.15) is 5.10 Å². The molecule has 0 spiro atoms. The van der Waals surface area contributed by atoms with E-state index in [-0.39, 0.29) is 0 Å². The van der Waals surface area contributed by atoms with Gasteiger partial charge in [-0.05, 0) is 52.0 Å². The van der Waals surface area contributed by atoms with Gasteiger partial charge in [-0.1, -0.05) is 6.07 Å². The van der Waals surface area contributed by atoms with Gasteiger partial charge in [0.05, 0.1) is 16.4 Å². The van der Waals surface area contributed by atoms with E-state index in [0.717, 1.165) is 33.4 Å². The highest BCUT2D eigenvalue weighted by Crippen LogP contribution is 2.44. The number of rotatable bonds is 1. The number of aromatic nitrogens is 2. The Balaban J connectivity index is 2.20. The fourth-order valence-corrected chi connectivity index (χ4v) is 3.47. The number of nitrogens with two attached hydrogens (primary N) is 1. The van der Waals surface area contributed by atoms with Crippen LogP contribution in [0.2, 0.25) is 0 Å². The Morgan fingerprint density at radius 3 is 2.94 bits per heavy atom. The first-order chi connectivity index (χ1) is 8.52. The third-order valence-electron chi connectivity index (χ3n) is 3.62. The lowest BCUT2D eigenvalue weighted by Crippen LogP contribution is -2.27. The molecule has 0 bridgehead atoms. The lowest BCUT2D eigenvalue weighted by molar-refractivity contribution is 0.0732. The van der Waals surface area contributed by atoms with Crippen LogP contribution in [0.3, 0.4) is 0 Å². The van der Waals surface area contributed by atoms with Gasteiger partial charge in [-0.3, -0.25) is 4.68 Å². The van der Waals surface area contributed by atoms with Gasteiger partial charge in [-0.15, -0.1) is 0 Å². The van der Waals surface area contributed by atoms with Gasteiger partial charge < -0.3 is 10.8 Å². The van der Waals surface area contributed by atoms with Crippen LogP contribution < -0.4 is 5.73 Å². The van der Waals surface area contributed by atoms with Crippen LogP contribution in [0.15, 0.2) is 28.9 Å². The Kier molecular flexibility index (Phi) is 2.50. The van der Waals surface area contributed by atoms with Crippen molar-refractivity contribution in [3.8, 4) is 0 Å². The van der Waals surface area contributed by atoms with Crippen LogP contribution in [0.1, 0.15) is 23.2 Å². The SMILES string of the molecule is Cn1ncc(Br)c1C1(O)CCc2cc(N)ccc21. The number of hydrogen-bond acceptors (Lipinski definition) is 3. The van der Waals surface area contributed by atoms with Crippen molar-refractivity contribution in [2.45, 2.75) is 18.4 Å². The number of anilines is 1. The monoisotopic (exact) mass is 307 g/mol. The maximum absolute atomic E-state index is 11.0. The number of aryl methyl sites for hydroxylation is 2. The molecule has 5 heteroatoms. The van der Waals surface area contributed by atoms with Gasteiger partial charge >= 0.3 is 0 Å². The van der Waals surface area contributed by atoms with Crippen LogP contribution >= 0.6 is 15.9 Å². The summed E-state index contributed by atoms with van der Waals surface area (Å²) in [7, 11) is 1.84. The molecule has 1 aromatic heterocycles. The number of aliphatic hydroxyl groups is 1. The number of benzene rings is 1. The van der Waals surface area contributed by atoms with Crippen LogP contribution in [-0.4, -0.2) is 14.9 Å². The summed E-state index contributed by atoms with van der Waals surface area (Å²) in [5, 5.41) is 15.2. The van der Waals surface area contributed by atoms with Crippen LogP contribution in [-0.2, 0) is 19.1 Å². The summed E-state index contributed by atoms with van der Waals surface area (Å²) < 4.78 is 2.55. The first kappa shape index (κ1) is 11.7. The molecule has 1 aliphatic carbocycles. The summed E-state index contributed by atoms with van der Waals surface area (Å²) in [6, 6.07) is 5.69. The molecule has 1 aromatic carbocycles. The molecule has 0 saturated heterocycles. The lowest BCUT2D eigenvalue weighted by Gasteiger charge is -2.25. The van der Waals surface area contributed by atoms with E-state index in [1.807, 2.05) is 25.2 Å². The molecule has 1 atom stereocenters. The van der Waals surface area contributed by atoms with Crippen LogP contribution in [0, 0.1) is 0 Å². The van der Waals surface area contributed by atoms with Crippen molar-refractivity contribution < 1.29 is 5.11 Å². The second kappa shape index (κ2) is 3.83. The predicted molar refractivity (Wildman–Crippen MR) is 73.1 cm³/mol. The molecule has 4 nitrogen and oxygen atoms in total. The van der Waals surface area contributed by atoms with E-state index in [1.165, 1.54) is 0 Å². The summed E-state index contributed by atoms with van der Waals surface area (Å²) in [6.45, 7) is 0. The second-order valence-corrected chi connectivity index (χ2v) is 5.60. The van der Waals surface area contributed by atoms with Gasteiger partial charge in [0.1, 0.15) is 5.60 Å². The predicted octanol–water partition coefficient (Wildman–Crippen LogP) is 1.95. The van der Waals surface area contributed by atoms with Crippen molar-refractivity contribution in [1.82, 2.24) is 9.78 Å². The van der Waals surface area contributed by atoms with E-state index in [2.05, 4.69) is 21.0 Å². The summed E-state index contributed by atoms with van der Waals surface area (Å²) in [5.74, 6) is 0. The average Bonchev–Trinajstić information content (AvgIpc) is 2.81. The molecule has 3 N–H and O–H groups in total. The largest absolute Gasteiger partial charge is 0.399 e. The molecular formula is C13H14BrN3O. The second-order valence-electron chi connectivity index (χ2n) is 4.74. The molecule has 1 heterocycles. The summed E-state index contributed by atoms with van der Waals surface area (Å²) in [4.78, 5) is 0. The number of hydrogen-bond donors (Lipinski definition) is 2. The van der Waals surface area contributed by atoms with E-state index >= 15 is 0 Å². The highest BCUT2D eigenvalue weighted by atomic mass is 79.9. The summed E-state index contributed by atoms with van der Waals surface area (Å²) in [6.07, 6.45) is 3.20. The van der Waals surface area contributed by atoms with Crippen molar-refractivity contribution in [1.29, 1.82) is 0 Å². The Bertz CT molecular complexity index is 603. The Morgan fingerprint density at radius 2 is 2.28 bits per heavy atom. The van der Waals surface area contributed by atoms with E-state index in [4.69, 9.17) is 5.73 Å². The minimum Gasteiger partial charge on any atom is -0.399 e. The molecule has 0 aliphatic heterocycles. The maximum Gasteiger partial charge on any atom is 0.133 e. The lowest BCUT2D eigenvalue weighted by atomic mass is 9.92. The van der Waals surface area contributed by atoms with Crippen molar-refractivity contribution in [3.63, 3.8) is 0 Å². The molecule has 3 rings (SSSR count). The quantitative estimate of drug-likeness (QED) is 0.792. The molecule has 94 valence electrons. The highest BCUT2D eigenvalue weighted by molar-refractivity contribution is 9.10. The minimum atomic E-state index is -0.979. The normalized spacial score (nSPS) is 22.2. The van der Waals surface area contributed by atoms with Gasteiger partial charge in [0.2, 0.25) is 0 Å². The third kappa shape index (κ3) is 1.51. The Labute approximate surface area is 114 Å². The van der Waals surface area contributed by atoms with Gasteiger partial charge in [0, 0.05) is 12.7 Å². The standard InChI is InChI=1S/C13H14BrN3O/c1-17-12(11(14)7-16-17)13(18)5-4-8-6-9(15)2-3-10(8)13/h2-3,6-7,18H,4-5,15H2,1H3. The zero-order valence-electron chi connectivity index (χ0n) is 10.0. The van der Waals surface area contributed by atoms with E-state index in [0.29, 0.717) is 6.42 Å². The topological polar surface area (TPSA) is 64.1 Å². The summed E-state index contributed by atoms with van der Waals surface area (Å²) in [5.41, 5.74) is 8.39. The third-order valence-corrected chi connectivity index (χ3v) is 4.20. The van der Waals surface area contributed by atoms with Crippen LogP contribution in [0.4, 0.5) is 5.69 Å². The molecule has 2 aromatic rings. The van der Waals surface area contributed by atoms with Crippen molar-refractivity contribution in [3.05, 3.63) is 45.7 Å². The molecule has 18 heavy (non-hydrogen) atoms. The first-order valence-corrected chi connectivity index (χ1v) is 6.61. The molecule has 0 amide bonds. The fourth-order valence-electron chi connectivity index (χ4n) is 2.80. The molecule has 1 unspecified atom stereocenters. The zero-order valence-corrected chi connectivity index (χ0v) is 11.6.